The normalized spacial score (nSPS) is 31.4. The van der Waals surface area contributed by atoms with Gasteiger partial charge in [-0.3, -0.25) is 4.99 Å². The van der Waals surface area contributed by atoms with Crippen molar-refractivity contribution < 1.29 is 4.39 Å². The van der Waals surface area contributed by atoms with Gasteiger partial charge in [-0.1, -0.05) is 29.5 Å². The Morgan fingerprint density at radius 2 is 2.35 bits per heavy atom. The number of nitrogens with two attached hydrogens (primary N) is 1. The summed E-state index contributed by atoms with van der Waals surface area (Å²) in [6, 6.07) is 5.26. The lowest BCUT2D eigenvalue weighted by Gasteiger charge is -2.14. The van der Waals surface area contributed by atoms with Crippen LogP contribution in [0.25, 0.3) is 0 Å². The van der Waals surface area contributed by atoms with E-state index in [4.69, 9.17) is 5.73 Å². The maximum atomic E-state index is 14.0. The Labute approximate surface area is 104 Å². The number of thioether (sulfide) groups is 1. The molecule has 17 heavy (non-hydrogen) atoms. The molecule has 1 aliphatic carbocycles. The first-order valence-electron chi connectivity index (χ1n) is 5.86. The minimum absolute atomic E-state index is 0.151. The molecule has 0 unspecified atom stereocenters. The van der Waals surface area contributed by atoms with Gasteiger partial charge in [0.2, 0.25) is 0 Å². The molecule has 1 aromatic rings. The number of aliphatic imine (C=N–C) groups is 1. The lowest BCUT2D eigenvalue weighted by atomic mass is 9.99. The average Bonchev–Trinajstić information content (AvgIpc) is 2.96. The summed E-state index contributed by atoms with van der Waals surface area (Å²) < 4.78 is 14.0. The van der Waals surface area contributed by atoms with Crippen LogP contribution in [-0.4, -0.2) is 10.9 Å². The van der Waals surface area contributed by atoms with Crippen LogP contribution in [0.1, 0.15) is 24.0 Å². The zero-order valence-electron chi connectivity index (χ0n) is 9.74. The Balaban J connectivity index is 2.09. The summed E-state index contributed by atoms with van der Waals surface area (Å²) in [7, 11) is 0. The summed E-state index contributed by atoms with van der Waals surface area (Å²) in [4.78, 5) is 4.57. The largest absolute Gasteiger partial charge is 0.379 e. The molecule has 1 heterocycles. The Hall–Kier alpha value is -1.03. The van der Waals surface area contributed by atoms with Crippen LogP contribution in [0.2, 0.25) is 0 Å². The molecule has 1 saturated carbocycles. The summed E-state index contributed by atoms with van der Waals surface area (Å²) in [5, 5.41) is 0.603. The monoisotopic (exact) mass is 250 g/mol. The number of hydrogen-bond donors (Lipinski definition) is 1. The van der Waals surface area contributed by atoms with Gasteiger partial charge in [0.25, 0.3) is 0 Å². The average molecular weight is 250 g/mol. The van der Waals surface area contributed by atoms with Crippen LogP contribution in [0.15, 0.2) is 23.2 Å². The van der Waals surface area contributed by atoms with Crippen molar-refractivity contribution in [2.24, 2.45) is 16.6 Å². The van der Waals surface area contributed by atoms with Crippen LogP contribution in [0, 0.1) is 18.7 Å². The van der Waals surface area contributed by atoms with Gasteiger partial charge in [-0.05, 0) is 31.7 Å². The smallest absolute Gasteiger partial charge is 0.154 e. The van der Waals surface area contributed by atoms with Gasteiger partial charge in [0.15, 0.2) is 5.17 Å². The fraction of sp³-hybridized carbons (Fsp3) is 0.462. The molecule has 0 spiro atoms. The van der Waals surface area contributed by atoms with E-state index in [0.717, 1.165) is 29.7 Å². The van der Waals surface area contributed by atoms with Gasteiger partial charge < -0.3 is 5.73 Å². The third kappa shape index (κ3) is 1.75. The molecule has 1 aliphatic heterocycles. The van der Waals surface area contributed by atoms with Crippen LogP contribution in [0.4, 0.5) is 4.39 Å². The Morgan fingerprint density at radius 3 is 3.18 bits per heavy atom. The topological polar surface area (TPSA) is 38.4 Å². The fourth-order valence-electron chi connectivity index (χ4n) is 2.69. The molecular weight excluding hydrogens is 235 g/mol. The highest BCUT2D eigenvalue weighted by Gasteiger charge is 2.57. The third-order valence-electron chi connectivity index (χ3n) is 3.69. The second kappa shape index (κ2) is 3.73. The number of hydrogen-bond acceptors (Lipinski definition) is 3. The van der Waals surface area contributed by atoms with Crippen molar-refractivity contribution in [3.8, 4) is 0 Å². The lowest BCUT2D eigenvalue weighted by molar-refractivity contribution is 0.550. The molecular formula is C13H15FN2S. The minimum Gasteiger partial charge on any atom is -0.379 e. The standard InChI is InChI=1S/C13H15FN2S/c1-8-2-3-11(14)10(6-8)13-7-9(13)4-5-17-12(15)16-13/h2-3,6,9H,4-5,7H2,1H3,(H2,15,16)/t9-,13+/m1/s1. The van der Waals surface area contributed by atoms with Crippen LogP contribution in [0.5, 0.6) is 0 Å². The molecule has 4 heteroatoms. The Kier molecular flexibility index (Phi) is 2.43. The molecule has 0 bridgehead atoms. The number of benzene rings is 1. The highest BCUT2D eigenvalue weighted by Crippen LogP contribution is 2.59. The Morgan fingerprint density at radius 1 is 1.53 bits per heavy atom. The summed E-state index contributed by atoms with van der Waals surface area (Å²) in [6.45, 7) is 1.98. The van der Waals surface area contributed by atoms with E-state index < -0.39 is 0 Å². The first-order valence-corrected chi connectivity index (χ1v) is 6.85. The molecule has 0 amide bonds. The van der Waals surface area contributed by atoms with Gasteiger partial charge >= 0.3 is 0 Å². The van der Waals surface area contributed by atoms with Crippen molar-refractivity contribution in [1.29, 1.82) is 0 Å². The van der Waals surface area contributed by atoms with Gasteiger partial charge in [-0.2, -0.15) is 0 Å². The molecule has 2 N–H and O–H groups in total. The second-order valence-electron chi connectivity index (χ2n) is 4.90. The minimum atomic E-state index is -0.357. The van der Waals surface area contributed by atoms with E-state index >= 15 is 0 Å². The fourth-order valence-corrected chi connectivity index (χ4v) is 3.53. The van der Waals surface area contributed by atoms with E-state index in [-0.39, 0.29) is 11.4 Å². The molecule has 2 aliphatic rings. The highest BCUT2D eigenvalue weighted by molar-refractivity contribution is 8.13. The predicted octanol–water partition coefficient (Wildman–Crippen LogP) is 2.80. The van der Waals surface area contributed by atoms with Crippen LogP contribution in [-0.2, 0) is 5.54 Å². The van der Waals surface area contributed by atoms with Crippen molar-refractivity contribution in [1.82, 2.24) is 0 Å². The maximum absolute atomic E-state index is 14.0. The molecule has 2 nitrogen and oxygen atoms in total. The zero-order chi connectivity index (χ0) is 12.0. The molecule has 0 radical (unpaired) electrons. The van der Waals surface area contributed by atoms with Gasteiger partial charge in [-0.15, -0.1) is 0 Å². The highest BCUT2D eigenvalue weighted by atomic mass is 32.2. The summed E-state index contributed by atoms with van der Waals surface area (Å²) >= 11 is 1.58. The molecule has 3 rings (SSSR count). The van der Waals surface area contributed by atoms with Crippen molar-refractivity contribution in [3.05, 3.63) is 35.1 Å². The van der Waals surface area contributed by atoms with Crippen LogP contribution >= 0.6 is 11.8 Å². The number of nitrogens with zero attached hydrogens (tertiary/aromatic N) is 1. The third-order valence-corrected chi connectivity index (χ3v) is 4.51. The van der Waals surface area contributed by atoms with E-state index in [0.29, 0.717) is 11.1 Å². The van der Waals surface area contributed by atoms with E-state index in [1.54, 1.807) is 23.9 Å². The number of rotatable bonds is 1. The lowest BCUT2D eigenvalue weighted by Crippen LogP contribution is -2.15. The van der Waals surface area contributed by atoms with E-state index in [9.17, 15) is 4.39 Å². The molecule has 0 aromatic heterocycles. The molecule has 0 saturated heterocycles. The predicted molar refractivity (Wildman–Crippen MR) is 69.6 cm³/mol. The molecule has 2 atom stereocenters. The number of aryl methyl sites for hydroxylation is 1. The van der Waals surface area contributed by atoms with Crippen molar-refractivity contribution in [2.45, 2.75) is 25.3 Å². The van der Waals surface area contributed by atoms with Gasteiger partial charge in [0, 0.05) is 11.3 Å². The van der Waals surface area contributed by atoms with Crippen molar-refractivity contribution in [3.63, 3.8) is 0 Å². The summed E-state index contributed by atoms with van der Waals surface area (Å²) in [5.74, 6) is 1.31. The van der Waals surface area contributed by atoms with Crippen molar-refractivity contribution >= 4 is 16.9 Å². The molecule has 90 valence electrons. The van der Waals surface area contributed by atoms with Gasteiger partial charge in [0.05, 0.1) is 5.54 Å². The van der Waals surface area contributed by atoms with Gasteiger partial charge in [0.1, 0.15) is 5.82 Å². The first-order chi connectivity index (χ1) is 8.12. The van der Waals surface area contributed by atoms with Crippen LogP contribution < -0.4 is 5.73 Å². The van der Waals surface area contributed by atoms with E-state index in [1.165, 1.54) is 0 Å². The van der Waals surface area contributed by atoms with Crippen molar-refractivity contribution in [2.75, 3.05) is 5.75 Å². The number of amidine groups is 1. The summed E-state index contributed by atoms with van der Waals surface area (Å²) in [6.07, 6.45) is 2.01. The molecule has 1 aromatic carbocycles. The summed E-state index contributed by atoms with van der Waals surface area (Å²) in [5.41, 5.74) is 7.30. The maximum Gasteiger partial charge on any atom is 0.154 e. The SMILES string of the molecule is Cc1ccc(F)c([C@]23C[C@H]2CCSC(N)=N3)c1. The van der Waals surface area contributed by atoms with Gasteiger partial charge in [-0.25, -0.2) is 4.39 Å². The first kappa shape index (κ1) is 11.1. The quantitative estimate of drug-likeness (QED) is 0.832. The Bertz CT molecular complexity index is 500. The molecule has 1 fully saturated rings. The second-order valence-corrected chi connectivity index (χ2v) is 6.01. The zero-order valence-corrected chi connectivity index (χ0v) is 10.6. The van der Waals surface area contributed by atoms with E-state index in [2.05, 4.69) is 4.99 Å². The van der Waals surface area contributed by atoms with Crippen LogP contribution in [0.3, 0.4) is 0 Å². The number of halogens is 1. The number of fused-ring (bicyclic) bond motifs is 1. The van der Waals surface area contributed by atoms with E-state index in [1.807, 2.05) is 13.0 Å².